The smallest absolute Gasteiger partial charge is 0.137 e. The van der Waals surface area contributed by atoms with Crippen LogP contribution in [0.4, 0.5) is 11.6 Å². The fourth-order valence-corrected chi connectivity index (χ4v) is 2.30. The highest BCUT2D eigenvalue weighted by atomic mass is 16.5. The molecule has 1 aromatic rings. The summed E-state index contributed by atoms with van der Waals surface area (Å²) in [5.41, 5.74) is 6.91. The van der Waals surface area contributed by atoms with Gasteiger partial charge in [-0.05, 0) is 13.8 Å². The Morgan fingerprint density at radius 3 is 2.75 bits per heavy atom. The zero-order valence-electron chi connectivity index (χ0n) is 12.6. The van der Waals surface area contributed by atoms with Gasteiger partial charge in [0.25, 0.3) is 0 Å². The van der Waals surface area contributed by atoms with Crippen LogP contribution in [0.3, 0.4) is 0 Å². The van der Waals surface area contributed by atoms with Gasteiger partial charge in [-0.25, -0.2) is 9.97 Å². The summed E-state index contributed by atoms with van der Waals surface area (Å²) in [5, 5.41) is 9.30. The molecule has 2 heterocycles. The standard InChI is InChI=1S/C14H24N4O2/c1-8(2)13-16-12(15)10(4)14(17-13)18-5-11(6-19)20-7-9(18)3/h8-9,11,19H,5-7H2,1-4H3,(H2,15,16,17). The van der Waals surface area contributed by atoms with Crippen molar-refractivity contribution in [2.24, 2.45) is 0 Å². The number of nitrogens with two attached hydrogens (primary N) is 1. The van der Waals surface area contributed by atoms with Gasteiger partial charge in [-0.15, -0.1) is 0 Å². The Kier molecular flexibility index (Phi) is 4.45. The van der Waals surface area contributed by atoms with Crippen molar-refractivity contribution in [1.29, 1.82) is 0 Å². The number of rotatable bonds is 3. The molecule has 1 aliphatic heterocycles. The van der Waals surface area contributed by atoms with E-state index in [0.717, 1.165) is 17.2 Å². The zero-order chi connectivity index (χ0) is 14.9. The van der Waals surface area contributed by atoms with E-state index < -0.39 is 0 Å². The van der Waals surface area contributed by atoms with Gasteiger partial charge in [-0.3, -0.25) is 0 Å². The van der Waals surface area contributed by atoms with Crippen LogP contribution in [0, 0.1) is 6.92 Å². The molecule has 0 aliphatic carbocycles. The number of hydrogen-bond donors (Lipinski definition) is 2. The second kappa shape index (κ2) is 5.93. The van der Waals surface area contributed by atoms with Crippen molar-refractivity contribution in [2.45, 2.75) is 45.8 Å². The van der Waals surface area contributed by atoms with Crippen molar-refractivity contribution in [1.82, 2.24) is 9.97 Å². The molecular weight excluding hydrogens is 256 g/mol. The maximum Gasteiger partial charge on any atom is 0.137 e. The molecule has 112 valence electrons. The Labute approximate surface area is 120 Å². The quantitative estimate of drug-likeness (QED) is 0.862. The summed E-state index contributed by atoms with van der Waals surface area (Å²) in [6, 6.07) is 0.200. The average Bonchev–Trinajstić information content (AvgIpc) is 2.42. The van der Waals surface area contributed by atoms with E-state index in [1.807, 2.05) is 20.8 Å². The van der Waals surface area contributed by atoms with Crippen LogP contribution in [0.2, 0.25) is 0 Å². The summed E-state index contributed by atoms with van der Waals surface area (Å²) in [5.74, 6) is 2.36. The molecule has 0 saturated carbocycles. The third-order valence-corrected chi connectivity index (χ3v) is 3.67. The molecule has 0 bridgehead atoms. The summed E-state index contributed by atoms with van der Waals surface area (Å²) in [6.45, 7) is 9.32. The van der Waals surface area contributed by atoms with Crippen molar-refractivity contribution in [3.63, 3.8) is 0 Å². The lowest BCUT2D eigenvalue weighted by atomic mass is 10.1. The van der Waals surface area contributed by atoms with Gasteiger partial charge in [0.05, 0.1) is 25.4 Å². The van der Waals surface area contributed by atoms with Crippen LogP contribution >= 0.6 is 0 Å². The van der Waals surface area contributed by atoms with Crippen molar-refractivity contribution in [2.75, 3.05) is 30.4 Å². The number of nitrogens with zero attached hydrogens (tertiary/aromatic N) is 3. The number of aromatic nitrogens is 2. The molecular formula is C14H24N4O2. The lowest BCUT2D eigenvalue weighted by molar-refractivity contribution is -0.0106. The van der Waals surface area contributed by atoms with Crippen LogP contribution < -0.4 is 10.6 Å². The summed E-state index contributed by atoms with van der Waals surface area (Å²) < 4.78 is 5.57. The topological polar surface area (TPSA) is 84.5 Å². The Bertz CT molecular complexity index is 478. The highest BCUT2D eigenvalue weighted by molar-refractivity contribution is 5.57. The molecule has 6 nitrogen and oxygen atoms in total. The van der Waals surface area contributed by atoms with Gasteiger partial charge < -0.3 is 20.5 Å². The van der Waals surface area contributed by atoms with E-state index in [0.29, 0.717) is 19.0 Å². The molecule has 6 heteroatoms. The first-order valence-electron chi connectivity index (χ1n) is 7.07. The molecule has 0 spiro atoms. The van der Waals surface area contributed by atoms with Crippen LogP contribution in [0.25, 0.3) is 0 Å². The maximum absolute atomic E-state index is 9.30. The molecule has 1 fully saturated rings. The number of hydrogen-bond acceptors (Lipinski definition) is 6. The van der Waals surface area contributed by atoms with Gasteiger partial charge in [0, 0.05) is 18.0 Å². The molecule has 0 amide bonds. The van der Waals surface area contributed by atoms with E-state index in [4.69, 9.17) is 10.5 Å². The molecule has 0 radical (unpaired) electrons. The predicted molar refractivity (Wildman–Crippen MR) is 78.9 cm³/mol. The normalized spacial score (nSPS) is 23.4. The summed E-state index contributed by atoms with van der Waals surface area (Å²) >= 11 is 0. The molecule has 1 aromatic heterocycles. The molecule has 0 aromatic carbocycles. The molecule has 2 unspecified atom stereocenters. The minimum atomic E-state index is -0.177. The second-order valence-corrected chi connectivity index (χ2v) is 5.71. The maximum atomic E-state index is 9.30. The van der Waals surface area contributed by atoms with E-state index in [9.17, 15) is 5.11 Å². The average molecular weight is 280 g/mol. The highest BCUT2D eigenvalue weighted by Gasteiger charge is 2.28. The summed E-state index contributed by atoms with van der Waals surface area (Å²) in [7, 11) is 0. The van der Waals surface area contributed by atoms with Gasteiger partial charge >= 0.3 is 0 Å². The van der Waals surface area contributed by atoms with Crippen molar-refractivity contribution in [3.8, 4) is 0 Å². The molecule has 1 saturated heterocycles. The SMILES string of the molecule is Cc1c(N)nc(C(C)C)nc1N1CC(CO)OCC1C. The third kappa shape index (κ3) is 2.86. The molecule has 3 N–H and O–H groups in total. The molecule has 20 heavy (non-hydrogen) atoms. The van der Waals surface area contributed by atoms with E-state index >= 15 is 0 Å². The first-order chi connectivity index (χ1) is 9.43. The van der Waals surface area contributed by atoms with E-state index in [1.54, 1.807) is 0 Å². The monoisotopic (exact) mass is 280 g/mol. The Morgan fingerprint density at radius 2 is 2.15 bits per heavy atom. The van der Waals surface area contributed by atoms with Gasteiger partial charge in [-0.1, -0.05) is 13.8 Å². The first kappa shape index (κ1) is 15.0. The van der Waals surface area contributed by atoms with Crippen LogP contribution in [0.15, 0.2) is 0 Å². The predicted octanol–water partition coefficient (Wildman–Crippen LogP) is 1.08. The van der Waals surface area contributed by atoms with E-state index in [-0.39, 0.29) is 24.7 Å². The van der Waals surface area contributed by atoms with Gasteiger partial charge in [0.1, 0.15) is 17.5 Å². The largest absolute Gasteiger partial charge is 0.394 e. The summed E-state index contributed by atoms with van der Waals surface area (Å²) in [4.78, 5) is 11.2. The van der Waals surface area contributed by atoms with Crippen LogP contribution in [-0.4, -0.2) is 47.0 Å². The lowest BCUT2D eigenvalue weighted by Crippen LogP contribution is -2.50. The third-order valence-electron chi connectivity index (χ3n) is 3.67. The van der Waals surface area contributed by atoms with Crippen molar-refractivity contribution >= 4 is 11.6 Å². The lowest BCUT2D eigenvalue weighted by Gasteiger charge is -2.39. The van der Waals surface area contributed by atoms with Crippen LogP contribution in [-0.2, 0) is 4.74 Å². The number of ether oxygens (including phenoxy) is 1. The fourth-order valence-electron chi connectivity index (χ4n) is 2.30. The second-order valence-electron chi connectivity index (χ2n) is 5.71. The highest BCUT2D eigenvalue weighted by Crippen LogP contribution is 2.27. The minimum absolute atomic E-state index is 0.0138. The van der Waals surface area contributed by atoms with Crippen molar-refractivity contribution < 1.29 is 9.84 Å². The van der Waals surface area contributed by atoms with Crippen LogP contribution in [0.1, 0.15) is 38.1 Å². The Balaban J connectivity index is 2.39. The minimum Gasteiger partial charge on any atom is -0.394 e. The molecule has 2 atom stereocenters. The van der Waals surface area contributed by atoms with Gasteiger partial charge in [0.15, 0.2) is 0 Å². The van der Waals surface area contributed by atoms with Crippen molar-refractivity contribution in [3.05, 3.63) is 11.4 Å². The van der Waals surface area contributed by atoms with Gasteiger partial charge in [0.2, 0.25) is 0 Å². The fraction of sp³-hybridized carbons (Fsp3) is 0.714. The number of morpholine rings is 1. The Morgan fingerprint density at radius 1 is 1.45 bits per heavy atom. The van der Waals surface area contributed by atoms with Gasteiger partial charge in [-0.2, -0.15) is 0 Å². The Hall–Kier alpha value is -1.40. The summed E-state index contributed by atoms with van der Waals surface area (Å²) in [6.07, 6.45) is -0.177. The number of anilines is 2. The molecule has 1 aliphatic rings. The number of aliphatic hydroxyl groups excluding tert-OH is 1. The number of nitrogen functional groups attached to an aromatic ring is 1. The molecule has 2 rings (SSSR count). The van der Waals surface area contributed by atoms with E-state index in [2.05, 4.69) is 21.8 Å². The number of aliphatic hydroxyl groups is 1. The van der Waals surface area contributed by atoms with E-state index in [1.165, 1.54) is 0 Å². The zero-order valence-corrected chi connectivity index (χ0v) is 12.6. The van der Waals surface area contributed by atoms with Crippen LogP contribution in [0.5, 0.6) is 0 Å². The first-order valence-corrected chi connectivity index (χ1v) is 7.07.